The zero-order valence-electron chi connectivity index (χ0n) is 14.0. The smallest absolute Gasteiger partial charge is 0.317 e. The Hall–Kier alpha value is -1.75. The summed E-state index contributed by atoms with van der Waals surface area (Å²) in [6.07, 6.45) is 0. The highest BCUT2D eigenvalue weighted by Gasteiger charge is 2.13. The second-order valence-corrected chi connectivity index (χ2v) is 4.97. The maximum atomic E-state index is 11.7. The number of rotatable bonds is 16. The van der Waals surface area contributed by atoms with Crippen LogP contribution in [0.4, 0.5) is 0 Å². The van der Waals surface area contributed by atoms with E-state index in [4.69, 9.17) is 14.9 Å². The second-order valence-electron chi connectivity index (χ2n) is 4.97. The number of nitrogens with one attached hydrogen (secondary N) is 3. The van der Waals surface area contributed by atoms with E-state index in [9.17, 15) is 14.4 Å². The zero-order valence-corrected chi connectivity index (χ0v) is 14.0. The van der Waals surface area contributed by atoms with Crippen LogP contribution in [-0.4, -0.2) is 98.5 Å². The Morgan fingerprint density at radius 3 is 2.29 bits per heavy atom. The fraction of sp³-hybridized carbons (Fsp3) is 0.786. The molecular weight excluding hydrogens is 320 g/mol. The average Bonchev–Trinajstić information content (AvgIpc) is 2.49. The van der Waals surface area contributed by atoms with Crippen LogP contribution >= 0.6 is 0 Å². The van der Waals surface area contributed by atoms with Crippen LogP contribution in [0.3, 0.4) is 0 Å². The van der Waals surface area contributed by atoms with Crippen molar-refractivity contribution in [2.45, 2.75) is 6.92 Å². The number of carboxylic acids is 2. The van der Waals surface area contributed by atoms with Gasteiger partial charge in [0.1, 0.15) is 0 Å². The van der Waals surface area contributed by atoms with E-state index in [0.29, 0.717) is 45.9 Å². The number of aliphatic carboxylic acids is 2. The molecule has 0 aromatic rings. The summed E-state index contributed by atoms with van der Waals surface area (Å²) in [5, 5.41) is 25.8. The molecule has 0 saturated carbocycles. The normalized spacial score (nSPS) is 10.8. The van der Waals surface area contributed by atoms with Crippen molar-refractivity contribution in [2.24, 2.45) is 0 Å². The lowest BCUT2D eigenvalue weighted by atomic mass is 10.4. The predicted octanol–water partition coefficient (Wildman–Crippen LogP) is -2.21. The molecule has 140 valence electrons. The van der Waals surface area contributed by atoms with Crippen LogP contribution in [-0.2, 0) is 19.1 Å². The molecule has 24 heavy (non-hydrogen) atoms. The summed E-state index contributed by atoms with van der Waals surface area (Å²) in [5.41, 5.74) is 0. The molecule has 10 heteroatoms. The van der Waals surface area contributed by atoms with Gasteiger partial charge in [0.25, 0.3) is 0 Å². The van der Waals surface area contributed by atoms with Crippen LogP contribution in [0.2, 0.25) is 0 Å². The summed E-state index contributed by atoms with van der Waals surface area (Å²) in [5.74, 6) is -2.17. The van der Waals surface area contributed by atoms with Gasteiger partial charge < -0.3 is 30.9 Å². The monoisotopic (exact) mass is 348 g/mol. The largest absolute Gasteiger partial charge is 0.480 e. The van der Waals surface area contributed by atoms with E-state index in [1.165, 1.54) is 4.90 Å². The molecule has 0 saturated heterocycles. The minimum absolute atomic E-state index is 0.00261. The molecule has 0 heterocycles. The fourth-order valence-electron chi connectivity index (χ4n) is 1.81. The minimum atomic E-state index is -1.000. The second kappa shape index (κ2) is 14.8. The van der Waals surface area contributed by atoms with E-state index in [1.807, 2.05) is 6.92 Å². The maximum Gasteiger partial charge on any atom is 0.317 e. The summed E-state index contributed by atoms with van der Waals surface area (Å²) >= 11 is 0. The molecule has 0 spiro atoms. The number of amides is 1. The van der Waals surface area contributed by atoms with Gasteiger partial charge in [-0.05, 0) is 6.92 Å². The van der Waals surface area contributed by atoms with Crippen LogP contribution in [0, 0.1) is 0 Å². The summed E-state index contributed by atoms with van der Waals surface area (Å²) in [4.78, 5) is 34.4. The van der Waals surface area contributed by atoms with Gasteiger partial charge in [0.05, 0.1) is 26.2 Å². The van der Waals surface area contributed by atoms with Crippen LogP contribution in [0.5, 0.6) is 0 Å². The first-order valence-corrected chi connectivity index (χ1v) is 7.87. The Bertz CT molecular complexity index is 380. The SMILES string of the molecule is CCOCCNC(=O)CN(CCNCCNCC(=O)O)CC(=O)O. The van der Waals surface area contributed by atoms with Gasteiger partial charge in [-0.2, -0.15) is 0 Å². The third kappa shape index (κ3) is 15.2. The molecule has 0 bridgehead atoms. The van der Waals surface area contributed by atoms with Gasteiger partial charge in [-0.3, -0.25) is 19.3 Å². The number of carbonyl (C=O) groups excluding carboxylic acids is 1. The highest BCUT2D eigenvalue weighted by atomic mass is 16.5. The van der Waals surface area contributed by atoms with E-state index in [-0.39, 0.29) is 25.5 Å². The first kappa shape index (κ1) is 22.2. The Labute approximate surface area is 141 Å². The average molecular weight is 348 g/mol. The lowest BCUT2D eigenvalue weighted by Crippen LogP contribution is -2.44. The Kier molecular flexibility index (Phi) is 13.7. The van der Waals surface area contributed by atoms with Gasteiger partial charge in [-0.25, -0.2) is 0 Å². The molecule has 1 amide bonds. The number of ether oxygens (including phenoxy) is 1. The number of nitrogens with zero attached hydrogens (tertiary/aromatic N) is 1. The summed E-state index contributed by atoms with van der Waals surface area (Å²) in [6, 6.07) is 0. The molecule has 0 fully saturated rings. The number of hydrogen-bond donors (Lipinski definition) is 5. The van der Waals surface area contributed by atoms with Gasteiger partial charge in [0.15, 0.2) is 0 Å². The van der Waals surface area contributed by atoms with E-state index < -0.39 is 11.9 Å². The molecule has 0 unspecified atom stereocenters. The van der Waals surface area contributed by atoms with Gasteiger partial charge >= 0.3 is 11.9 Å². The van der Waals surface area contributed by atoms with Crippen LogP contribution in [0.15, 0.2) is 0 Å². The van der Waals surface area contributed by atoms with E-state index in [2.05, 4.69) is 16.0 Å². The molecule has 0 radical (unpaired) electrons. The number of carbonyl (C=O) groups is 3. The number of hydrogen-bond acceptors (Lipinski definition) is 7. The van der Waals surface area contributed by atoms with Crippen molar-refractivity contribution in [2.75, 3.05) is 65.6 Å². The predicted molar refractivity (Wildman–Crippen MR) is 87.0 cm³/mol. The summed E-state index contributed by atoms with van der Waals surface area (Å²) < 4.78 is 5.10. The third-order valence-corrected chi connectivity index (χ3v) is 2.86. The van der Waals surface area contributed by atoms with Gasteiger partial charge in [-0.15, -0.1) is 0 Å². The van der Waals surface area contributed by atoms with Crippen LogP contribution < -0.4 is 16.0 Å². The Morgan fingerprint density at radius 1 is 0.958 bits per heavy atom. The van der Waals surface area contributed by atoms with E-state index in [1.54, 1.807) is 0 Å². The minimum Gasteiger partial charge on any atom is -0.480 e. The number of carboxylic acid groups (broad SMARTS) is 2. The highest BCUT2D eigenvalue weighted by molar-refractivity contribution is 5.79. The Morgan fingerprint density at radius 2 is 1.67 bits per heavy atom. The van der Waals surface area contributed by atoms with Crippen LogP contribution in [0.25, 0.3) is 0 Å². The third-order valence-electron chi connectivity index (χ3n) is 2.86. The maximum absolute atomic E-state index is 11.7. The van der Waals surface area contributed by atoms with Crippen molar-refractivity contribution in [1.82, 2.24) is 20.9 Å². The van der Waals surface area contributed by atoms with Crippen molar-refractivity contribution in [3.05, 3.63) is 0 Å². The van der Waals surface area contributed by atoms with Crippen LogP contribution in [0.1, 0.15) is 6.92 Å². The first-order valence-electron chi connectivity index (χ1n) is 7.87. The molecular formula is C14H28N4O6. The fourth-order valence-corrected chi connectivity index (χ4v) is 1.81. The standard InChI is InChI=1S/C14H28N4O6/c1-2-24-8-6-17-12(19)10-18(11-14(22)23)7-5-15-3-4-16-9-13(20)21/h15-16H,2-11H2,1H3,(H,17,19)(H,20,21)(H,22,23). The van der Waals surface area contributed by atoms with E-state index >= 15 is 0 Å². The molecule has 10 nitrogen and oxygen atoms in total. The zero-order chi connectivity index (χ0) is 18.2. The molecule has 0 aliphatic rings. The van der Waals surface area contributed by atoms with Crippen molar-refractivity contribution in [3.63, 3.8) is 0 Å². The summed E-state index contributed by atoms with van der Waals surface area (Å²) in [6.45, 7) is 4.85. The Balaban J connectivity index is 3.89. The lowest BCUT2D eigenvalue weighted by Gasteiger charge is -2.20. The molecule has 0 aromatic carbocycles. The first-order chi connectivity index (χ1) is 11.5. The highest BCUT2D eigenvalue weighted by Crippen LogP contribution is 1.88. The van der Waals surface area contributed by atoms with E-state index in [0.717, 1.165) is 0 Å². The van der Waals surface area contributed by atoms with Gasteiger partial charge in [0, 0.05) is 39.3 Å². The van der Waals surface area contributed by atoms with Crippen molar-refractivity contribution in [3.8, 4) is 0 Å². The van der Waals surface area contributed by atoms with Gasteiger partial charge in [-0.1, -0.05) is 0 Å². The summed E-state index contributed by atoms with van der Waals surface area (Å²) in [7, 11) is 0. The molecule has 0 atom stereocenters. The quantitative estimate of drug-likeness (QED) is 0.196. The van der Waals surface area contributed by atoms with Crippen molar-refractivity contribution < 1.29 is 29.3 Å². The molecule has 5 N–H and O–H groups in total. The molecule has 0 aliphatic carbocycles. The topological polar surface area (TPSA) is 140 Å². The van der Waals surface area contributed by atoms with Crippen molar-refractivity contribution >= 4 is 17.8 Å². The molecule has 0 aliphatic heterocycles. The van der Waals surface area contributed by atoms with Gasteiger partial charge in [0.2, 0.25) is 5.91 Å². The molecule has 0 aromatic heterocycles. The lowest BCUT2D eigenvalue weighted by molar-refractivity contribution is -0.139. The molecule has 0 rings (SSSR count). The van der Waals surface area contributed by atoms with Crippen molar-refractivity contribution in [1.29, 1.82) is 0 Å².